The second kappa shape index (κ2) is 12.6. The van der Waals surface area contributed by atoms with Crippen LogP contribution in [-0.4, -0.2) is 37.9 Å². The van der Waals surface area contributed by atoms with Crippen molar-refractivity contribution in [3.8, 4) is 0 Å². The highest BCUT2D eigenvalue weighted by Crippen LogP contribution is 2.70. The van der Waals surface area contributed by atoms with E-state index in [0.29, 0.717) is 17.3 Å². The summed E-state index contributed by atoms with van der Waals surface area (Å²) in [4.78, 5) is 0.158. The Morgan fingerprint density at radius 3 is 2.25 bits per heavy atom. The van der Waals surface area contributed by atoms with Gasteiger partial charge in [0, 0.05) is 0 Å². The van der Waals surface area contributed by atoms with Gasteiger partial charge in [0.25, 0.3) is 10.1 Å². The van der Waals surface area contributed by atoms with Crippen LogP contribution in [0.15, 0.2) is 29.2 Å². The topological polar surface area (TPSA) is 72.8 Å². The first-order valence-electron chi connectivity index (χ1n) is 17.8. The summed E-state index contributed by atoms with van der Waals surface area (Å²) >= 11 is 0. The third kappa shape index (κ3) is 6.32. The van der Waals surface area contributed by atoms with E-state index in [-0.39, 0.29) is 23.5 Å². The lowest BCUT2D eigenvalue weighted by Gasteiger charge is -2.65. The Bertz CT molecular complexity index is 1240. The monoisotopic (exact) mass is 630 g/mol. The van der Waals surface area contributed by atoms with Crippen LogP contribution in [0.5, 0.6) is 0 Å². The number of benzene rings is 1. The van der Waals surface area contributed by atoms with Gasteiger partial charge >= 0.3 is 0 Å². The number of fused-ring (bicyclic) bond motifs is 5. The molecular formula is C38H62O5S. The van der Waals surface area contributed by atoms with Gasteiger partial charge in [-0.15, -0.1) is 0 Å². The Hall–Kier alpha value is -0.950. The van der Waals surface area contributed by atoms with E-state index in [9.17, 15) is 13.5 Å². The van der Waals surface area contributed by atoms with Crippen molar-refractivity contribution in [2.45, 2.75) is 142 Å². The van der Waals surface area contributed by atoms with Crippen LogP contribution in [0, 0.1) is 59.2 Å². The maximum absolute atomic E-state index is 12.7. The van der Waals surface area contributed by atoms with Crippen LogP contribution in [0.2, 0.25) is 0 Å². The van der Waals surface area contributed by atoms with Gasteiger partial charge in [-0.05, 0) is 137 Å². The Labute approximate surface area is 269 Å². The molecule has 0 radical (unpaired) electrons. The second-order valence-corrected chi connectivity index (χ2v) is 18.6. The fraction of sp³-hybridized carbons (Fsp3) is 0.842. The Morgan fingerprint density at radius 1 is 0.886 bits per heavy atom. The lowest BCUT2D eigenvalue weighted by Crippen LogP contribution is -2.65. The van der Waals surface area contributed by atoms with Gasteiger partial charge in [0.15, 0.2) is 0 Å². The maximum atomic E-state index is 12.7. The van der Waals surface area contributed by atoms with Crippen molar-refractivity contribution >= 4 is 10.1 Å². The number of hydrogen-bond donors (Lipinski definition) is 1. The zero-order valence-corrected chi connectivity index (χ0v) is 29.8. The van der Waals surface area contributed by atoms with E-state index >= 15 is 0 Å². The largest absolute Gasteiger partial charge is 0.387 e. The minimum absolute atomic E-state index is 0.0642. The molecule has 250 valence electrons. The lowest BCUT2D eigenvalue weighted by molar-refractivity contribution is -0.251. The van der Waals surface area contributed by atoms with Gasteiger partial charge in [0.05, 0.1) is 29.3 Å². The van der Waals surface area contributed by atoms with Crippen LogP contribution in [0.4, 0.5) is 0 Å². The van der Waals surface area contributed by atoms with Crippen molar-refractivity contribution < 1.29 is 22.4 Å². The van der Waals surface area contributed by atoms with E-state index in [1.807, 2.05) is 13.8 Å². The number of aliphatic hydroxyl groups is 1. The Balaban J connectivity index is 1.25. The highest BCUT2D eigenvalue weighted by atomic mass is 32.2. The van der Waals surface area contributed by atoms with Crippen LogP contribution < -0.4 is 0 Å². The van der Waals surface area contributed by atoms with E-state index < -0.39 is 21.3 Å². The molecule has 4 fully saturated rings. The van der Waals surface area contributed by atoms with E-state index in [4.69, 9.17) is 8.92 Å². The zero-order chi connectivity index (χ0) is 32.1. The average molecular weight is 631 g/mol. The summed E-state index contributed by atoms with van der Waals surface area (Å²) in [7, 11) is -3.85. The molecule has 4 saturated carbocycles. The normalized spacial score (nSPS) is 41.2. The number of rotatable bonds is 11. The van der Waals surface area contributed by atoms with Gasteiger partial charge in [-0.2, -0.15) is 8.42 Å². The molecule has 0 spiro atoms. The Kier molecular flexibility index (Phi) is 9.83. The molecule has 0 bridgehead atoms. The first-order chi connectivity index (χ1) is 20.5. The van der Waals surface area contributed by atoms with Crippen molar-refractivity contribution in [3.63, 3.8) is 0 Å². The SMILES string of the molecule is Cc1ccc(S(=O)(=O)OCCO[C@@]2(C)C[C@@]3(C)[C@@H](CC[C@@H]4[C@@H]3CC[C@]3(C)[C@@H]([C@H](C)CCCC(C)C)CC[C@@H]43)C[C@@]2(C)O)cc1. The smallest absolute Gasteiger partial charge is 0.297 e. The predicted molar refractivity (Wildman–Crippen MR) is 178 cm³/mol. The maximum Gasteiger partial charge on any atom is 0.297 e. The quantitative estimate of drug-likeness (QED) is 0.195. The summed E-state index contributed by atoms with van der Waals surface area (Å²) in [6.45, 7) is 18.4. The summed E-state index contributed by atoms with van der Waals surface area (Å²) in [5.74, 6) is 5.18. The summed E-state index contributed by atoms with van der Waals surface area (Å²) in [6.07, 6.45) is 13.5. The highest BCUT2D eigenvalue weighted by Gasteiger charge is 2.65. The molecule has 1 aromatic carbocycles. The van der Waals surface area contributed by atoms with Gasteiger partial charge in [0.1, 0.15) is 0 Å². The van der Waals surface area contributed by atoms with Crippen LogP contribution in [0.25, 0.3) is 0 Å². The predicted octanol–water partition coefficient (Wildman–Crippen LogP) is 8.96. The highest BCUT2D eigenvalue weighted by molar-refractivity contribution is 7.86. The molecule has 0 aromatic heterocycles. The Morgan fingerprint density at radius 2 is 1.57 bits per heavy atom. The summed E-state index contributed by atoms with van der Waals surface area (Å²) in [5, 5.41) is 11.8. The van der Waals surface area contributed by atoms with Crippen LogP contribution in [0.1, 0.15) is 125 Å². The van der Waals surface area contributed by atoms with Crippen molar-refractivity contribution in [1.82, 2.24) is 0 Å². The fourth-order valence-corrected chi connectivity index (χ4v) is 12.1. The third-order valence-corrected chi connectivity index (χ3v) is 15.1. The first kappa shape index (κ1) is 34.4. The summed E-state index contributed by atoms with van der Waals surface area (Å²) in [5.41, 5.74) is -0.175. The van der Waals surface area contributed by atoms with Gasteiger partial charge < -0.3 is 9.84 Å². The standard InChI is InChI=1S/C38H62O5S/c1-26(2)10-9-11-28(4)32-18-19-33-31-17-14-29-24-37(7,39)38(8,25-36(29,6)34(31)20-21-35(32,33)5)42-22-23-43-44(40,41)30-15-12-27(3)13-16-30/h12-13,15-16,26,28-29,31-34,39H,9-11,14,17-25H2,1-8H3/t28-,29+,31+,32-,33+,34+,35-,36+,37-,38+/m1/s1. The molecule has 10 atom stereocenters. The van der Waals surface area contributed by atoms with Crippen LogP contribution in [-0.2, 0) is 19.0 Å². The molecule has 4 aliphatic carbocycles. The molecule has 5 nitrogen and oxygen atoms in total. The molecule has 0 heterocycles. The van der Waals surface area contributed by atoms with Crippen molar-refractivity contribution in [2.75, 3.05) is 13.2 Å². The first-order valence-corrected chi connectivity index (χ1v) is 19.3. The molecule has 44 heavy (non-hydrogen) atoms. The molecule has 1 aromatic rings. The van der Waals surface area contributed by atoms with Crippen molar-refractivity contribution in [3.05, 3.63) is 29.8 Å². The van der Waals surface area contributed by atoms with E-state index in [1.54, 1.807) is 24.3 Å². The van der Waals surface area contributed by atoms with Crippen LogP contribution >= 0.6 is 0 Å². The molecular weight excluding hydrogens is 568 g/mol. The summed E-state index contributed by atoms with van der Waals surface area (Å²) in [6, 6.07) is 6.70. The zero-order valence-electron chi connectivity index (χ0n) is 29.0. The van der Waals surface area contributed by atoms with Gasteiger partial charge in [-0.1, -0.05) is 71.6 Å². The molecule has 6 heteroatoms. The number of hydrogen-bond acceptors (Lipinski definition) is 5. The third-order valence-electron chi connectivity index (χ3n) is 13.8. The molecule has 0 saturated heterocycles. The average Bonchev–Trinajstić information content (AvgIpc) is 3.29. The van der Waals surface area contributed by atoms with Crippen molar-refractivity contribution in [2.24, 2.45) is 52.3 Å². The van der Waals surface area contributed by atoms with Crippen LogP contribution in [0.3, 0.4) is 0 Å². The molecule has 4 aliphatic rings. The van der Waals surface area contributed by atoms with Gasteiger partial charge in [-0.25, -0.2) is 0 Å². The minimum Gasteiger partial charge on any atom is -0.387 e. The van der Waals surface area contributed by atoms with E-state index in [2.05, 4.69) is 41.5 Å². The molecule has 5 rings (SSSR count). The molecule has 0 unspecified atom stereocenters. The second-order valence-electron chi connectivity index (χ2n) is 17.0. The van der Waals surface area contributed by atoms with Gasteiger partial charge in [-0.3, -0.25) is 4.18 Å². The number of ether oxygens (including phenoxy) is 1. The fourth-order valence-electron chi connectivity index (χ4n) is 11.2. The molecule has 0 amide bonds. The van der Waals surface area contributed by atoms with E-state index in [0.717, 1.165) is 48.0 Å². The lowest BCUT2D eigenvalue weighted by atomic mass is 9.42. The van der Waals surface area contributed by atoms with Gasteiger partial charge in [0.2, 0.25) is 0 Å². The number of aryl methyl sites for hydroxylation is 1. The molecule has 1 N–H and O–H groups in total. The van der Waals surface area contributed by atoms with Crippen molar-refractivity contribution in [1.29, 1.82) is 0 Å². The molecule has 0 aliphatic heterocycles. The summed E-state index contributed by atoms with van der Waals surface area (Å²) < 4.78 is 37.3. The van der Waals surface area contributed by atoms with E-state index in [1.165, 1.54) is 57.8 Å². The minimum atomic E-state index is -3.85.